The van der Waals surface area contributed by atoms with Crippen LogP contribution in [-0.2, 0) is 9.59 Å². The first-order chi connectivity index (χ1) is 13.1. The normalized spacial score (nSPS) is 18.5. The zero-order valence-electron chi connectivity index (χ0n) is 15.9. The average Bonchev–Trinajstić information content (AvgIpc) is 3.21. The van der Waals surface area contributed by atoms with Crippen LogP contribution in [0.4, 0.5) is 5.69 Å². The first-order valence-corrected chi connectivity index (χ1v) is 10.1. The Labute approximate surface area is 165 Å². The van der Waals surface area contributed by atoms with Crippen LogP contribution in [0, 0.1) is 5.92 Å². The SMILES string of the molecule is COc1ccc(Cl)cc1NC(=O)CCN1CCC(C(=O)N2CCCC2)CC1. The fraction of sp³-hybridized carbons (Fsp3) is 0.600. The van der Waals surface area contributed by atoms with Crippen molar-refractivity contribution in [3.8, 4) is 5.75 Å². The van der Waals surface area contributed by atoms with E-state index in [4.69, 9.17) is 16.3 Å². The predicted molar refractivity (Wildman–Crippen MR) is 106 cm³/mol. The minimum absolute atomic E-state index is 0.0640. The Morgan fingerprint density at radius 1 is 1.19 bits per heavy atom. The van der Waals surface area contributed by atoms with Crippen LogP contribution in [0.3, 0.4) is 0 Å². The van der Waals surface area contributed by atoms with Gasteiger partial charge in [0.15, 0.2) is 0 Å². The van der Waals surface area contributed by atoms with E-state index in [-0.39, 0.29) is 11.8 Å². The van der Waals surface area contributed by atoms with E-state index >= 15 is 0 Å². The van der Waals surface area contributed by atoms with Gasteiger partial charge in [0.25, 0.3) is 0 Å². The summed E-state index contributed by atoms with van der Waals surface area (Å²) < 4.78 is 5.25. The van der Waals surface area contributed by atoms with Crippen molar-refractivity contribution in [1.82, 2.24) is 9.80 Å². The van der Waals surface area contributed by atoms with Crippen molar-refractivity contribution in [2.75, 3.05) is 45.2 Å². The van der Waals surface area contributed by atoms with Crippen LogP contribution in [0.5, 0.6) is 5.75 Å². The molecule has 2 amide bonds. The molecule has 1 aromatic rings. The Morgan fingerprint density at radius 3 is 2.56 bits per heavy atom. The number of amides is 2. The van der Waals surface area contributed by atoms with E-state index in [0.29, 0.717) is 35.3 Å². The van der Waals surface area contributed by atoms with Gasteiger partial charge >= 0.3 is 0 Å². The standard InChI is InChI=1S/C20H28ClN3O3/c1-27-18-5-4-16(21)14-17(18)22-19(25)8-13-23-11-6-15(7-12-23)20(26)24-9-2-3-10-24/h4-5,14-15H,2-3,6-13H2,1H3,(H,22,25). The number of nitrogens with zero attached hydrogens (tertiary/aromatic N) is 2. The Bertz CT molecular complexity index is 668. The summed E-state index contributed by atoms with van der Waals surface area (Å²) in [6.45, 7) is 4.29. The number of carbonyl (C=O) groups is 2. The number of rotatable bonds is 6. The Kier molecular flexibility index (Phi) is 6.96. The van der Waals surface area contributed by atoms with E-state index in [0.717, 1.165) is 51.9 Å². The van der Waals surface area contributed by atoms with Crippen LogP contribution in [-0.4, -0.2) is 61.4 Å². The summed E-state index contributed by atoms with van der Waals surface area (Å²) in [7, 11) is 1.56. The van der Waals surface area contributed by atoms with E-state index in [1.54, 1.807) is 25.3 Å². The lowest BCUT2D eigenvalue weighted by Gasteiger charge is -2.33. The number of anilines is 1. The summed E-state index contributed by atoms with van der Waals surface area (Å²) in [4.78, 5) is 29.1. The molecule has 3 rings (SSSR count). The van der Waals surface area contributed by atoms with Gasteiger partial charge in [0.1, 0.15) is 5.75 Å². The van der Waals surface area contributed by atoms with E-state index in [1.165, 1.54) is 0 Å². The number of likely N-dealkylation sites (tertiary alicyclic amines) is 2. The van der Waals surface area contributed by atoms with Crippen molar-refractivity contribution in [3.63, 3.8) is 0 Å². The molecule has 1 aromatic carbocycles. The van der Waals surface area contributed by atoms with Gasteiger partial charge in [0.2, 0.25) is 11.8 Å². The van der Waals surface area contributed by atoms with Gasteiger partial charge in [-0.1, -0.05) is 11.6 Å². The molecule has 7 heteroatoms. The highest BCUT2D eigenvalue weighted by molar-refractivity contribution is 6.31. The van der Waals surface area contributed by atoms with E-state index in [9.17, 15) is 9.59 Å². The topological polar surface area (TPSA) is 61.9 Å². The molecular weight excluding hydrogens is 366 g/mol. The molecule has 0 bridgehead atoms. The molecule has 0 aliphatic carbocycles. The lowest BCUT2D eigenvalue weighted by molar-refractivity contribution is -0.136. The van der Waals surface area contributed by atoms with Crippen molar-refractivity contribution < 1.29 is 14.3 Å². The summed E-state index contributed by atoms with van der Waals surface area (Å²) >= 11 is 6.00. The molecule has 148 valence electrons. The minimum atomic E-state index is -0.0640. The quantitative estimate of drug-likeness (QED) is 0.807. The third kappa shape index (κ3) is 5.36. The zero-order chi connectivity index (χ0) is 19.2. The van der Waals surface area contributed by atoms with E-state index in [2.05, 4.69) is 10.2 Å². The summed E-state index contributed by atoms with van der Waals surface area (Å²) in [5.41, 5.74) is 0.588. The van der Waals surface area contributed by atoms with Gasteiger partial charge in [-0.15, -0.1) is 0 Å². The molecule has 2 heterocycles. The summed E-state index contributed by atoms with van der Waals surface area (Å²) in [5.74, 6) is 1.02. The van der Waals surface area contributed by atoms with Crippen LogP contribution in [0.25, 0.3) is 0 Å². The highest BCUT2D eigenvalue weighted by atomic mass is 35.5. The fourth-order valence-corrected chi connectivity index (χ4v) is 4.02. The number of benzene rings is 1. The third-order valence-electron chi connectivity index (χ3n) is 5.45. The summed E-state index contributed by atoms with van der Waals surface area (Å²) in [5, 5.41) is 3.42. The molecule has 2 fully saturated rings. The van der Waals surface area contributed by atoms with Crippen LogP contribution in [0.1, 0.15) is 32.1 Å². The maximum absolute atomic E-state index is 12.5. The number of hydrogen-bond acceptors (Lipinski definition) is 4. The van der Waals surface area contributed by atoms with Gasteiger partial charge in [-0.25, -0.2) is 0 Å². The fourth-order valence-electron chi connectivity index (χ4n) is 3.85. The zero-order valence-corrected chi connectivity index (χ0v) is 16.6. The van der Waals surface area contributed by atoms with E-state index < -0.39 is 0 Å². The van der Waals surface area contributed by atoms with Gasteiger partial charge in [-0.3, -0.25) is 9.59 Å². The second-order valence-electron chi connectivity index (χ2n) is 7.29. The van der Waals surface area contributed by atoms with Crippen molar-refractivity contribution in [2.45, 2.75) is 32.1 Å². The van der Waals surface area contributed by atoms with Crippen LogP contribution in [0.15, 0.2) is 18.2 Å². The molecule has 0 aromatic heterocycles. The number of ether oxygens (including phenoxy) is 1. The van der Waals surface area contributed by atoms with Crippen molar-refractivity contribution in [3.05, 3.63) is 23.2 Å². The maximum Gasteiger partial charge on any atom is 0.225 e. The largest absolute Gasteiger partial charge is 0.495 e. The molecule has 1 N–H and O–H groups in total. The number of piperidine rings is 1. The van der Waals surface area contributed by atoms with Gasteiger partial charge in [-0.05, 0) is 57.0 Å². The molecule has 0 saturated carbocycles. The van der Waals surface area contributed by atoms with Crippen LogP contribution < -0.4 is 10.1 Å². The van der Waals surface area contributed by atoms with Crippen molar-refractivity contribution >= 4 is 29.1 Å². The molecule has 0 unspecified atom stereocenters. The highest BCUT2D eigenvalue weighted by Gasteiger charge is 2.29. The molecular formula is C20H28ClN3O3. The number of methoxy groups -OCH3 is 1. The number of hydrogen-bond donors (Lipinski definition) is 1. The smallest absolute Gasteiger partial charge is 0.225 e. The molecule has 0 spiro atoms. The Hall–Kier alpha value is -1.79. The monoisotopic (exact) mass is 393 g/mol. The summed E-state index contributed by atoms with van der Waals surface area (Å²) in [6, 6.07) is 5.15. The Morgan fingerprint density at radius 2 is 1.89 bits per heavy atom. The Balaban J connectivity index is 1.41. The first kappa shape index (κ1) is 20.0. The molecule has 27 heavy (non-hydrogen) atoms. The number of halogens is 1. The van der Waals surface area contributed by atoms with Crippen LogP contribution in [0.2, 0.25) is 5.02 Å². The van der Waals surface area contributed by atoms with Gasteiger partial charge in [0.05, 0.1) is 12.8 Å². The molecule has 2 aliphatic rings. The lowest BCUT2D eigenvalue weighted by atomic mass is 9.95. The first-order valence-electron chi connectivity index (χ1n) is 9.71. The third-order valence-corrected chi connectivity index (χ3v) is 5.68. The van der Waals surface area contributed by atoms with Crippen molar-refractivity contribution in [1.29, 1.82) is 0 Å². The van der Waals surface area contributed by atoms with Gasteiger partial charge < -0.3 is 19.9 Å². The minimum Gasteiger partial charge on any atom is -0.495 e. The molecule has 6 nitrogen and oxygen atoms in total. The molecule has 0 radical (unpaired) electrons. The second-order valence-corrected chi connectivity index (χ2v) is 7.73. The van der Waals surface area contributed by atoms with Crippen LogP contribution >= 0.6 is 11.6 Å². The highest BCUT2D eigenvalue weighted by Crippen LogP contribution is 2.28. The number of carbonyl (C=O) groups excluding carboxylic acids is 2. The second kappa shape index (κ2) is 9.42. The average molecular weight is 394 g/mol. The summed E-state index contributed by atoms with van der Waals surface area (Å²) in [6.07, 6.45) is 4.45. The van der Waals surface area contributed by atoms with Gasteiger partial charge in [-0.2, -0.15) is 0 Å². The maximum atomic E-state index is 12.5. The molecule has 2 aliphatic heterocycles. The van der Waals surface area contributed by atoms with Crippen molar-refractivity contribution in [2.24, 2.45) is 5.92 Å². The molecule has 0 atom stereocenters. The number of nitrogens with one attached hydrogen (secondary N) is 1. The predicted octanol–water partition coefficient (Wildman–Crippen LogP) is 3.01. The lowest BCUT2D eigenvalue weighted by Crippen LogP contribution is -2.42. The van der Waals surface area contributed by atoms with Gasteiger partial charge in [0, 0.05) is 37.0 Å². The molecule has 2 saturated heterocycles. The van der Waals surface area contributed by atoms with E-state index in [1.807, 2.05) is 4.90 Å².